The lowest BCUT2D eigenvalue weighted by molar-refractivity contribution is -0.205. The summed E-state index contributed by atoms with van der Waals surface area (Å²) in [6.07, 6.45) is 6.08. The molecular formula is C16H18N2O2. The first-order valence-electron chi connectivity index (χ1n) is 7.23. The molecule has 0 saturated carbocycles. The van der Waals surface area contributed by atoms with Gasteiger partial charge in [-0.1, -0.05) is 12.1 Å². The Kier molecular flexibility index (Phi) is 3.05. The van der Waals surface area contributed by atoms with Crippen molar-refractivity contribution in [3.63, 3.8) is 0 Å². The van der Waals surface area contributed by atoms with E-state index in [1.807, 2.05) is 12.4 Å². The maximum Gasteiger partial charge on any atom is 0.164 e. The van der Waals surface area contributed by atoms with Gasteiger partial charge in [0.25, 0.3) is 0 Å². The van der Waals surface area contributed by atoms with Crippen LogP contribution in [0, 0.1) is 5.92 Å². The maximum atomic E-state index is 5.89. The van der Waals surface area contributed by atoms with Crippen molar-refractivity contribution in [1.82, 2.24) is 4.98 Å². The Balaban J connectivity index is 1.66. The number of fused-ring (bicyclic) bond motifs is 2. The molecule has 4 rings (SSSR count). The summed E-state index contributed by atoms with van der Waals surface area (Å²) < 4.78 is 11.6. The third-order valence-corrected chi connectivity index (χ3v) is 4.23. The van der Waals surface area contributed by atoms with Gasteiger partial charge in [-0.15, -0.1) is 0 Å². The highest BCUT2D eigenvalue weighted by molar-refractivity contribution is 5.93. The van der Waals surface area contributed by atoms with Gasteiger partial charge in [-0.2, -0.15) is 0 Å². The largest absolute Gasteiger partial charge is 0.352 e. The quantitative estimate of drug-likeness (QED) is 0.798. The van der Waals surface area contributed by atoms with Crippen LogP contribution in [0.2, 0.25) is 0 Å². The molecule has 2 aliphatic rings. The summed E-state index contributed by atoms with van der Waals surface area (Å²) in [4.78, 5) is 6.51. The zero-order valence-corrected chi connectivity index (χ0v) is 11.4. The van der Waals surface area contributed by atoms with E-state index in [9.17, 15) is 0 Å². The van der Waals surface area contributed by atoms with E-state index in [0.29, 0.717) is 12.6 Å². The van der Waals surface area contributed by atoms with Crippen molar-refractivity contribution in [2.45, 2.75) is 19.1 Å². The Hall–Kier alpha value is -1.65. The van der Waals surface area contributed by atoms with E-state index in [-0.39, 0.29) is 6.29 Å². The number of pyridine rings is 1. The van der Waals surface area contributed by atoms with Crippen molar-refractivity contribution in [1.29, 1.82) is 0 Å². The van der Waals surface area contributed by atoms with E-state index in [0.717, 1.165) is 19.6 Å². The van der Waals surface area contributed by atoms with Crippen molar-refractivity contribution in [2.24, 2.45) is 5.92 Å². The predicted octanol–water partition coefficient (Wildman–Crippen LogP) is 2.78. The normalized spacial score (nSPS) is 26.5. The number of benzene rings is 1. The summed E-state index contributed by atoms with van der Waals surface area (Å²) in [7, 11) is 0. The molecule has 0 unspecified atom stereocenters. The predicted molar refractivity (Wildman–Crippen MR) is 77.5 cm³/mol. The van der Waals surface area contributed by atoms with Crippen LogP contribution < -0.4 is 4.90 Å². The average Bonchev–Trinajstić information content (AvgIpc) is 2.54. The number of rotatable bonds is 1. The van der Waals surface area contributed by atoms with Crippen LogP contribution in [0.3, 0.4) is 0 Å². The molecule has 2 aliphatic heterocycles. The van der Waals surface area contributed by atoms with E-state index in [1.165, 1.54) is 22.9 Å². The lowest BCUT2D eigenvalue weighted by Gasteiger charge is -2.41. The van der Waals surface area contributed by atoms with E-state index < -0.39 is 0 Å². The fourth-order valence-corrected chi connectivity index (χ4v) is 3.23. The molecule has 0 spiro atoms. The number of anilines is 1. The zero-order chi connectivity index (χ0) is 13.4. The van der Waals surface area contributed by atoms with Crippen LogP contribution in [-0.4, -0.2) is 31.2 Å². The van der Waals surface area contributed by atoms with E-state index >= 15 is 0 Å². The number of ether oxygens (including phenoxy) is 2. The molecule has 104 valence electrons. The lowest BCUT2D eigenvalue weighted by atomic mass is 9.98. The van der Waals surface area contributed by atoms with Crippen LogP contribution in [-0.2, 0) is 9.47 Å². The number of aromatic nitrogens is 1. The van der Waals surface area contributed by atoms with Crippen LogP contribution >= 0.6 is 0 Å². The highest BCUT2D eigenvalue weighted by Gasteiger charge is 2.33. The summed E-state index contributed by atoms with van der Waals surface area (Å²) in [5.41, 5.74) is 1.23. The Morgan fingerprint density at radius 3 is 3.20 bits per heavy atom. The Bertz CT molecular complexity index is 611. The summed E-state index contributed by atoms with van der Waals surface area (Å²) in [5.74, 6) is 0.481. The molecule has 1 aromatic heterocycles. The van der Waals surface area contributed by atoms with E-state index in [1.54, 1.807) is 0 Å². The second kappa shape index (κ2) is 5.04. The van der Waals surface area contributed by atoms with Crippen molar-refractivity contribution in [2.75, 3.05) is 24.8 Å². The van der Waals surface area contributed by atoms with Crippen LogP contribution in [0.1, 0.15) is 12.8 Å². The molecule has 0 bridgehead atoms. The van der Waals surface area contributed by atoms with Gasteiger partial charge in [-0.3, -0.25) is 4.98 Å². The standard InChI is InChI=1S/C16H18N2O2/c1-3-12-9-17-7-6-14(12)15(5-1)18-10-13-4-2-8-19-16(13)20-11-18/h1,3,5-7,9,13,16H,2,4,8,10-11H2/t13-,16-/m1/s1. The first-order chi connectivity index (χ1) is 9.92. The summed E-state index contributed by atoms with van der Waals surface area (Å²) >= 11 is 0. The SMILES string of the molecule is c1cc(N2CO[C@H]3OCCC[C@@H]3C2)c2ccncc2c1. The maximum absolute atomic E-state index is 5.89. The smallest absolute Gasteiger partial charge is 0.164 e. The fraction of sp³-hybridized carbons (Fsp3) is 0.438. The van der Waals surface area contributed by atoms with Gasteiger partial charge in [0.2, 0.25) is 0 Å². The fourth-order valence-electron chi connectivity index (χ4n) is 3.23. The van der Waals surface area contributed by atoms with Crippen LogP contribution in [0.4, 0.5) is 5.69 Å². The van der Waals surface area contributed by atoms with Gasteiger partial charge >= 0.3 is 0 Å². The minimum Gasteiger partial charge on any atom is -0.352 e. The second-order valence-electron chi connectivity index (χ2n) is 5.53. The first kappa shape index (κ1) is 12.1. The molecule has 0 radical (unpaired) electrons. The highest BCUT2D eigenvalue weighted by atomic mass is 16.7. The van der Waals surface area contributed by atoms with Gasteiger partial charge in [-0.25, -0.2) is 0 Å². The topological polar surface area (TPSA) is 34.6 Å². The summed E-state index contributed by atoms with van der Waals surface area (Å²) in [5, 5.41) is 2.41. The molecule has 0 N–H and O–H groups in total. The first-order valence-corrected chi connectivity index (χ1v) is 7.23. The Labute approximate surface area is 118 Å². The van der Waals surface area contributed by atoms with Crippen molar-refractivity contribution in [3.05, 3.63) is 36.7 Å². The van der Waals surface area contributed by atoms with Gasteiger partial charge in [0.15, 0.2) is 6.29 Å². The van der Waals surface area contributed by atoms with Gasteiger partial charge in [-0.05, 0) is 25.0 Å². The molecule has 2 fully saturated rings. The summed E-state index contributed by atoms with van der Waals surface area (Å²) in [6, 6.07) is 8.43. The number of hydrogen-bond acceptors (Lipinski definition) is 4. The molecule has 2 atom stereocenters. The molecule has 3 heterocycles. The molecule has 1 aromatic carbocycles. The van der Waals surface area contributed by atoms with Gasteiger partial charge in [0, 0.05) is 47.9 Å². The van der Waals surface area contributed by atoms with Gasteiger partial charge in [0.1, 0.15) is 6.73 Å². The van der Waals surface area contributed by atoms with Crippen LogP contribution in [0.15, 0.2) is 36.7 Å². The van der Waals surface area contributed by atoms with Gasteiger partial charge < -0.3 is 14.4 Å². The molecule has 2 aromatic rings. The van der Waals surface area contributed by atoms with Gasteiger partial charge in [0.05, 0.1) is 0 Å². The van der Waals surface area contributed by atoms with Crippen LogP contribution in [0.5, 0.6) is 0 Å². The molecule has 20 heavy (non-hydrogen) atoms. The molecule has 4 nitrogen and oxygen atoms in total. The Morgan fingerprint density at radius 1 is 1.20 bits per heavy atom. The monoisotopic (exact) mass is 270 g/mol. The molecular weight excluding hydrogens is 252 g/mol. The van der Waals surface area contributed by atoms with Crippen molar-refractivity contribution >= 4 is 16.5 Å². The molecule has 2 saturated heterocycles. The Morgan fingerprint density at radius 2 is 2.20 bits per heavy atom. The lowest BCUT2D eigenvalue weighted by Crippen LogP contribution is -2.48. The van der Waals surface area contributed by atoms with Crippen molar-refractivity contribution in [3.8, 4) is 0 Å². The van der Waals surface area contributed by atoms with Crippen LogP contribution in [0.25, 0.3) is 10.8 Å². The number of hydrogen-bond donors (Lipinski definition) is 0. The third-order valence-electron chi connectivity index (χ3n) is 4.23. The highest BCUT2D eigenvalue weighted by Crippen LogP contribution is 2.32. The molecule has 4 heteroatoms. The minimum absolute atomic E-state index is 0.00311. The minimum atomic E-state index is -0.00311. The van der Waals surface area contributed by atoms with E-state index in [4.69, 9.17) is 9.47 Å². The third kappa shape index (κ3) is 2.05. The van der Waals surface area contributed by atoms with E-state index in [2.05, 4.69) is 34.1 Å². The molecule has 0 amide bonds. The second-order valence-corrected chi connectivity index (χ2v) is 5.53. The number of nitrogens with zero attached hydrogens (tertiary/aromatic N) is 2. The summed E-state index contributed by atoms with van der Waals surface area (Å²) in [6.45, 7) is 2.44. The average molecular weight is 270 g/mol. The zero-order valence-electron chi connectivity index (χ0n) is 11.4. The van der Waals surface area contributed by atoms with Crippen molar-refractivity contribution < 1.29 is 9.47 Å². The molecule has 0 aliphatic carbocycles.